The maximum absolute atomic E-state index is 9.39. The van der Waals surface area contributed by atoms with Gasteiger partial charge in [0.25, 0.3) is 0 Å². The van der Waals surface area contributed by atoms with Crippen molar-refractivity contribution in [3.8, 4) is 0 Å². The minimum atomic E-state index is -1.30. The normalized spacial score (nSPS) is 24.2. The van der Waals surface area contributed by atoms with Crippen molar-refractivity contribution in [1.82, 2.24) is 5.06 Å². The molecule has 1 unspecified atom stereocenters. The fourth-order valence-corrected chi connectivity index (χ4v) is 0.969. The Morgan fingerprint density at radius 1 is 1.38 bits per heavy atom. The van der Waals surface area contributed by atoms with Crippen LogP contribution in [0.4, 0.5) is 0 Å². The second-order valence-electron chi connectivity index (χ2n) is 3.24. The highest BCUT2D eigenvalue weighted by atomic mass is 16.6. The Morgan fingerprint density at radius 3 is 2.38 bits per heavy atom. The molecule has 0 radical (unpaired) electrons. The van der Waals surface area contributed by atoms with Crippen molar-refractivity contribution in [2.75, 3.05) is 19.8 Å². The molecule has 4 N–H and O–H groups in total. The molecule has 0 aromatic heterocycles. The fourth-order valence-electron chi connectivity index (χ4n) is 0.969. The molecule has 6 nitrogen and oxygen atoms in total. The van der Waals surface area contributed by atoms with E-state index >= 15 is 0 Å². The molecule has 0 spiro atoms. The Morgan fingerprint density at radius 2 is 2.00 bits per heavy atom. The van der Waals surface area contributed by atoms with Crippen molar-refractivity contribution in [1.29, 1.82) is 0 Å². The van der Waals surface area contributed by atoms with Crippen LogP contribution in [0.5, 0.6) is 0 Å². The largest absolute Gasteiger partial charge is 0.412 e. The van der Waals surface area contributed by atoms with E-state index in [9.17, 15) is 10.3 Å². The highest BCUT2D eigenvalue weighted by molar-refractivity contribution is 4.66. The smallest absolute Gasteiger partial charge is 0.159 e. The second-order valence-corrected chi connectivity index (χ2v) is 3.24. The van der Waals surface area contributed by atoms with Crippen LogP contribution in [0.2, 0.25) is 0 Å². The van der Waals surface area contributed by atoms with Gasteiger partial charge < -0.3 is 25.3 Å². The molecule has 1 aliphatic heterocycles. The molecule has 0 aromatic rings. The molecule has 1 fully saturated rings. The molecule has 0 aliphatic carbocycles. The van der Waals surface area contributed by atoms with Gasteiger partial charge in [0.1, 0.15) is 5.72 Å². The minimum Gasteiger partial charge on any atom is -0.412 e. The van der Waals surface area contributed by atoms with Crippen LogP contribution in [-0.2, 0) is 9.47 Å². The van der Waals surface area contributed by atoms with Gasteiger partial charge in [0.15, 0.2) is 6.23 Å². The molecule has 1 aliphatic rings. The van der Waals surface area contributed by atoms with Crippen LogP contribution in [0.25, 0.3) is 0 Å². The second kappa shape index (κ2) is 4.85. The fraction of sp³-hybridized carbons (Fsp3) is 1.00. The van der Waals surface area contributed by atoms with E-state index in [0.717, 1.165) is 5.06 Å². The SMILES string of the molecule is CC(C)(O)N(O)C1COCCO1.O. The van der Waals surface area contributed by atoms with Gasteiger partial charge in [-0.25, -0.2) is 0 Å². The highest BCUT2D eigenvalue weighted by Gasteiger charge is 2.31. The zero-order valence-electron chi connectivity index (χ0n) is 7.86. The number of hydrogen-bond donors (Lipinski definition) is 2. The standard InChI is InChI=1S/C7H15NO4.H2O/c1-7(2,9)8(10)6-5-11-3-4-12-6;/h6,9-10H,3-5H2,1-2H3;1H2. The van der Waals surface area contributed by atoms with E-state index in [1.807, 2.05) is 0 Å². The number of aliphatic hydroxyl groups is 1. The first-order chi connectivity index (χ1) is 5.52. The number of ether oxygens (including phenoxy) is 2. The number of nitrogens with zero attached hydrogens (tertiary/aromatic N) is 1. The van der Waals surface area contributed by atoms with Crippen LogP contribution < -0.4 is 0 Å². The summed E-state index contributed by atoms with van der Waals surface area (Å²) in [6.45, 7) is 4.21. The number of rotatable bonds is 2. The molecule has 1 rings (SSSR count). The van der Waals surface area contributed by atoms with E-state index in [-0.39, 0.29) is 12.1 Å². The van der Waals surface area contributed by atoms with Crippen molar-refractivity contribution in [3.05, 3.63) is 0 Å². The summed E-state index contributed by atoms with van der Waals surface area (Å²) in [4.78, 5) is 0. The van der Waals surface area contributed by atoms with Crippen LogP contribution in [-0.4, -0.2) is 52.6 Å². The van der Waals surface area contributed by atoms with Gasteiger partial charge >= 0.3 is 0 Å². The van der Waals surface area contributed by atoms with Gasteiger partial charge in [-0.3, -0.25) is 0 Å². The van der Waals surface area contributed by atoms with Crippen LogP contribution >= 0.6 is 0 Å². The Balaban J connectivity index is 0.00000144. The molecule has 13 heavy (non-hydrogen) atoms. The quantitative estimate of drug-likeness (QED) is 0.433. The lowest BCUT2D eigenvalue weighted by Gasteiger charge is -2.36. The van der Waals surface area contributed by atoms with Crippen LogP contribution in [0.15, 0.2) is 0 Å². The first kappa shape index (κ1) is 12.8. The van der Waals surface area contributed by atoms with E-state index in [1.54, 1.807) is 0 Å². The summed E-state index contributed by atoms with van der Waals surface area (Å²) in [6.07, 6.45) is -0.571. The maximum atomic E-state index is 9.39. The van der Waals surface area contributed by atoms with E-state index in [4.69, 9.17) is 9.47 Å². The number of hydrogen-bond acceptors (Lipinski definition) is 5. The summed E-state index contributed by atoms with van der Waals surface area (Å²) in [5.41, 5.74) is -1.30. The maximum Gasteiger partial charge on any atom is 0.159 e. The Labute approximate surface area is 76.9 Å². The third-order valence-electron chi connectivity index (χ3n) is 1.63. The first-order valence-electron chi connectivity index (χ1n) is 3.92. The summed E-state index contributed by atoms with van der Waals surface area (Å²) in [5.74, 6) is 0. The van der Waals surface area contributed by atoms with Crippen molar-refractivity contribution in [2.45, 2.75) is 25.8 Å². The molecule has 0 saturated carbocycles. The molecule has 0 amide bonds. The molecule has 1 saturated heterocycles. The Bertz CT molecular complexity index is 140. The minimum absolute atomic E-state index is 0. The van der Waals surface area contributed by atoms with Crippen LogP contribution in [0.3, 0.4) is 0 Å². The molecule has 6 heteroatoms. The lowest BCUT2D eigenvalue weighted by atomic mass is 10.3. The summed E-state index contributed by atoms with van der Waals surface area (Å²) in [7, 11) is 0. The van der Waals surface area contributed by atoms with Crippen LogP contribution in [0, 0.1) is 0 Å². The van der Waals surface area contributed by atoms with E-state index in [0.29, 0.717) is 13.2 Å². The van der Waals surface area contributed by atoms with E-state index < -0.39 is 12.0 Å². The molecule has 1 heterocycles. The summed E-state index contributed by atoms with van der Waals surface area (Å²) in [5, 5.41) is 19.5. The van der Waals surface area contributed by atoms with Gasteiger partial charge in [0.2, 0.25) is 0 Å². The van der Waals surface area contributed by atoms with E-state index in [1.165, 1.54) is 13.8 Å². The third kappa shape index (κ3) is 3.55. The number of hydroxylamine groups is 2. The predicted octanol–water partition coefficient (Wildman–Crippen LogP) is -1.05. The predicted molar refractivity (Wildman–Crippen MR) is 44.1 cm³/mol. The monoisotopic (exact) mass is 195 g/mol. The zero-order chi connectivity index (χ0) is 9.19. The molecule has 1 atom stereocenters. The third-order valence-corrected chi connectivity index (χ3v) is 1.63. The highest BCUT2D eigenvalue weighted by Crippen LogP contribution is 2.14. The molecular weight excluding hydrogens is 178 g/mol. The van der Waals surface area contributed by atoms with Crippen LogP contribution in [0.1, 0.15) is 13.8 Å². The van der Waals surface area contributed by atoms with Gasteiger partial charge in [0.05, 0.1) is 19.8 Å². The van der Waals surface area contributed by atoms with Gasteiger partial charge in [-0.05, 0) is 13.8 Å². The van der Waals surface area contributed by atoms with Crippen molar-refractivity contribution in [2.24, 2.45) is 0 Å². The summed E-state index contributed by atoms with van der Waals surface area (Å²) >= 11 is 0. The van der Waals surface area contributed by atoms with Gasteiger partial charge in [-0.15, -0.1) is 5.06 Å². The van der Waals surface area contributed by atoms with Crippen molar-refractivity contribution < 1.29 is 25.3 Å². The Kier molecular flexibility index (Phi) is 4.76. The lowest BCUT2D eigenvalue weighted by molar-refractivity contribution is -0.336. The topological polar surface area (TPSA) is 93.7 Å². The lowest BCUT2D eigenvalue weighted by Crippen LogP contribution is -2.52. The van der Waals surface area contributed by atoms with Crippen molar-refractivity contribution >= 4 is 0 Å². The summed E-state index contributed by atoms with van der Waals surface area (Å²) < 4.78 is 10.2. The molecular formula is C7H17NO5. The summed E-state index contributed by atoms with van der Waals surface area (Å²) in [6, 6.07) is 0. The van der Waals surface area contributed by atoms with E-state index in [2.05, 4.69) is 0 Å². The van der Waals surface area contributed by atoms with Gasteiger partial charge in [0, 0.05) is 0 Å². The molecule has 80 valence electrons. The van der Waals surface area contributed by atoms with Crippen molar-refractivity contribution in [3.63, 3.8) is 0 Å². The zero-order valence-corrected chi connectivity index (χ0v) is 7.86. The molecule has 0 bridgehead atoms. The molecule has 0 aromatic carbocycles. The average Bonchev–Trinajstić information content (AvgIpc) is 2.03. The van der Waals surface area contributed by atoms with Gasteiger partial charge in [-0.2, -0.15) is 0 Å². The Hall–Kier alpha value is -0.240. The van der Waals surface area contributed by atoms with Gasteiger partial charge in [-0.1, -0.05) is 0 Å². The average molecular weight is 195 g/mol. The first-order valence-corrected chi connectivity index (χ1v) is 3.92.